The molecule has 0 saturated heterocycles. The van der Waals surface area contributed by atoms with Gasteiger partial charge in [0.1, 0.15) is 5.78 Å². The number of Topliss-reactive ketones (excluding diaryl/α,β-unsaturated/α-hetero) is 1. The van der Waals surface area contributed by atoms with E-state index in [1.165, 1.54) is 0 Å². The van der Waals surface area contributed by atoms with Crippen molar-refractivity contribution in [3.05, 3.63) is 0 Å². The molecule has 0 bridgehead atoms. The Labute approximate surface area is 107 Å². The van der Waals surface area contributed by atoms with Crippen molar-refractivity contribution in [1.29, 1.82) is 0 Å². The number of unbranched alkanes of at least 4 members (excludes halogenated alkanes) is 3. The van der Waals surface area contributed by atoms with Crippen LogP contribution in [0.2, 0.25) is 0 Å². The summed E-state index contributed by atoms with van der Waals surface area (Å²) in [5.74, 6) is -1.67. The Kier molecular flexibility index (Phi) is 8.88. The van der Waals surface area contributed by atoms with E-state index in [0.29, 0.717) is 19.3 Å². The highest BCUT2D eigenvalue weighted by molar-refractivity contribution is 5.79. The molecule has 18 heavy (non-hydrogen) atoms. The summed E-state index contributed by atoms with van der Waals surface area (Å²) in [6.07, 6.45) is 4.10. The lowest BCUT2D eigenvalue weighted by Crippen LogP contribution is -2.09. The van der Waals surface area contributed by atoms with Crippen LogP contribution in [0.25, 0.3) is 0 Å². The first kappa shape index (κ1) is 16.6. The number of hydrogen-bond donors (Lipinski definition) is 2. The molecule has 0 aromatic rings. The van der Waals surface area contributed by atoms with Crippen LogP contribution in [0, 0.1) is 5.92 Å². The number of aliphatic carboxylic acids is 2. The molecule has 0 aliphatic heterocycles. The van der Waals surface area contributed by atoms with Gasteiger partial charge in [-0.2, -0.15) is 0 Å². The van der Waals surface area contributed by atoms with Crippen molar-refractivity contribution in [2.24, 2.45) is 5.92 Å². The maximum Gasteiger partial charge on any atom is 0.303 e. The van der Waals surface area contributed by atoms with E-state index in [0.717, 1.165) is 19.3 Å². The Hall–Kier alpha value is -1.39. The summed E-state index contributed by atoms with van der Waals surface area (Å²) in [4.78, 5) is 32.2. The molecule has 0 rings (SSSR count). The molecule has 1 atom stereocenters. The molecule has 0 heterocycles. The molecule has 5 heteroatoms. The van der Waals surface area contributed by atoms with Crippen molar-refractivity contribution in [3.8, 4) is 0 Å². The largest absolute Gasteiger partial charge is 0.481 e. The summed E-state index contributed by atoms with van der Waals surface area (Å²) in [5.41, 5.74) is 0. The summed E-state index contributed by atoms with van der Waals surface area (Å²) >= 11 is 0. The smallest absolute Gasteiger partial charge is 0.303 e. The van der Waals surface area contributed by atoms with E-state index in [9.17, 15) is 14.4 Å². The summed E-state index contributed by atoms with van der Waals surface area (Å²) < 4.78 is 0. The minimum Gasteiger partial charge on any atom is -0.481 e. The Morgan fingerprint density at radius 3 is 1.89 bits per heavy atom. The third kappa shape index (κ3) is 11.1. The number of carboxylic acids is 2. The fraction of sp³-hybridized carbons (Fsp3) is 0.769. The zero-order valence-electron chi connectivity index (χ0n) is 10.9. The summed E-state index contributed by atoms with van der Waals surface area (Å²) in [5, 5.41) is 17.0. The van der Waals surface area contributed by atoms with Crippen LogP contribution in [-0.2, 0) is 14.4 Å². The van der Waals surface area contributed by atoms with Crippen molar-refractivity contribution >= 4 is 17.7 Å². The first-order valence-electron chi connectivity index (χ1n) is 6.37. The third-order valence-electron chi connectivity index (χ3n) is 2.70. The molecule has 104 valence electrons. The highest BCUT2D eigenvalue weighted by Gasteiger charge is 2.12. The second kappa shape index (κ2) is 9.62. The maximum atomic E-state index is 11.5. The first-order chi connectivity index (χ1) is 8.41. The number of carbonyl (C=O) groups is 3. The van der Waals surface area contributed by atoms with Crippen LogP contribution in [0.15, 0.2) is 0 Å². The predicted molar refractivity (Wildman–Crippen MR) is 66.4 cm³/mol. The number of carbonyl (C=O) groups excluding carboxylic acids is 1. The molecule has 1 unspecified atom stereocenters. The Morgan fingerprint density at radius 1 is 0.833 bits per heavy atom. The number of carboxylic acid groups (broad SMARTS) is 2. The van der Waals surface area contributed by atoms with Gasteiger partial charge in [0.25, 0.3) is 0 Å². The van der Waals surface area contributed by atoms with Crippen LogP contribution in [0.4, 0.5) is 0 Å². The van der Waals surface area contributed by atoms with Crippen LogP contribution in [-0.4, -0.2) is 27.9 Å². The molecular formula is C13H22O5. The van der Waals surface area contributed by atoms with Crippen LogP contribution in [0.5, 0.6) is 0 Å². The van der Waals surface area contributed by atoms with Crippen molar-refractivity contribution < 1.29 is 24.6 Å². The van der Waals surface area contributed by atoms with Gasteiger partial charge in [-0.1, -0.05) is 19.8 Å². The molecule has 5 nitrogen and oxygen atoms in total. The van der Waals surface area contributed by atoms with Crippen LogP contribution in [0.3, 0.4) is 0 Å². The van der Waals surface area contributed by atoms with Gasteiger partial charge in [-0.3, -0.25) is 14.4 Å². The Morgan fingerprint density at radius 2 is 1.39 bits per heavy atom. The summed E-state index contributed by atoms with van der Waals surface area (Å²) in [7, 11) is 0. The predicted octanol–water partition coefficient (Wildman–Crippen LogP) is 2.48. The van der Waals surface area contributed by atoms with Gasteiger partial charge in [-0.25, -0.2) is 0 Å². The van der Waals surface area contributed by atoms with E-state index in [4.69, 9.17) is 10.2 Å². The van der Waals surface area contributed by atoms with Gasteiger partial charge in [0.2, 0.25) is 0 Å². The maximum absolute atomic E-state index is 11.5. The van der Waals surface area contributed by atoms with Crippen LogP contribution >= 0.6 is 0 Å². The molecule has 0 aromatic heterocycles. The Bertz CT molecular complexity index is 285. The zero-order valence-corrected chi connectivity index (χ0v) is 10.9. The average molecular weight is 258 g/mol. The van der Waals surface area contributed by atoms with Gasteiger partial charge in [0.05, 0.1) is 0 Å². The van der Waals surface area contributed by atoms with E-state index in [-0.39, 0.29) is 24.5 Å². The molecule has 0 radical (unpaired) electrons. The highest BCUT2D eigenvalue weighted by atomic mass is 16.4. The fourth-order valence-corrected chi connectivity index (χ4v) is 1.81. The molecule has 0 aromatic carbocycles. The molecule has 2 N–H and O–H groups in total. The van der Waals surface area contributed by atoms with E-state index in [1.54, 1.807) is 6.92 Å². The van der Waals surface area contributed by atoms with E-state index < -0.39 is 11.9 Å². The molecular weight excluding hydrogens is 236 g/mol. The van der Waals surface area contributed by atoms with Crippen molar-refractivity contribution in [3.63, 3.8) is 0 Å². The van der Waals surface area contributed by atoms with Gasteiger partial charge in [-0.15, -0.1) is 0 Å². The minimum absolute atomic E-state index is 0.0321. The highest BCUT2D eigenvalue weighted by Crippen LogP contribution is 2.12. The third-order valence-corrected chi connectivity index (χ3v) is 2.70. The normalized spacial score (nSPS) is 12.1. The fourth-order valence-electron chi connectivity index (χ4n) is 1.81. The number of ketones is 1. The standard InChI is InChI=1S/C13H22O5/c1-10(9-13(17)18)8-11(14)6-4-2-3-5-7-12(15)16/h10H,2-9H2,1H3,(H,15,16)(H,17,18). The molecule has 0 spiro atoms. The van der Waals surface area contributed by atoms with Gasteiger partial charge >= 0.3 is 11.9 Å². The summed E-state index contributed by atoms with van der Waals surface area (Å²) in [6, 6.07) is 0. The van der Waals surface area contributed by atoms with E-state index in [2.05, 4.69) is 0 Å². The molecule has 0 aliphatic rings. The van der Waals surface area contributed by atoms with Gasteiger partial charge in [0.15, 0.2) is 0 Å². The Balaban J connectivity index is 3.47. The topological polar surface area (TPSA) is 91.7 Å². The molecule has 0 aliphatic carbocycles. The molecule has 0 amide bonds. The van der Waals surface area contributed by atoms with Crippen LogP contribution in [0.1, 0.15) is 58.3 Å². The second-order valence-electron chi connectivity index (χ2n) is 4.75. The van der Waals surface area contributed by atoms with Crippen molar-refractivity contribution in [1.82, 2.24) is 0 Å². The molecule has 0 fully saturated rings. The van der Waals surface area contributed by atoms with Gasteiger partial charge < -0.3 is 10.2 Å². The minimum atomic E-state index is -0.871. The van der Waals surface area contributed by atoms with Gasteiger partial charge in [0, 0.05) is 25.7 Å². The van der Waals surface area contributed by atoms with Crippen LogP contribution < -0.4 is 0 Å². The van der Waals surface area contributed by atoms with E-state index in [1.807, 2.05) is 0 Å². The molecule has 0 saturated carbocycles. The van der Waals surface area contributed by atoms with Gasteiger partial charge in [-0.05, 0) is 18.8 Å². The number of hydrogen-bond acceptors (Lipinski definition) is 3. The number of rotatable bonds is 11. The van der Waals surface area contributed by atoms with E-state index >= 15 is 0 Å². The quantitative estimate of drug-likeness (QED) is 0.555. The SMILES string of the molecule is CC(CC(=O)O)CC(=O)CCCCCCC(=O)O. The lowest BCUT2D eigenvalue weighted by atomic mass is 9.98. The van der Waals surface area contributed by atoms with Crippen molar-refractivity contribution in [2.45, 2.75) is 58.3 Å². The average Bonchev–Trinajstić information content (AvgIpc) is 2.21. The lowest BCUT2D eigenvalue weighted by Gasteiger charge is -2.07. The zero-order chi connectivity index (χ0) is 14.0. The lowest BCUT2D eigenvalue weighted by molar-refractivity contribution is -0.138. The summed E-state index contributed by atoms with van der Waals surface area (Å²) in [6.45, 7) is 1.76. The van der Waals surface area contributed by atoms with Crippen molar-refractivity contribution in [2.75, 3.05) is 0 Å². The first-order valence-corrected chi connectivity index (χ1v) is 6.37. The monoisotopic (exact) mass is 258 g/mol. The second-order valence-corrected chi connectivity index (χ2v) is 4.75.